The highest BCUT2D eigenvalue weighted by atomic mass is 16.5. The molecule has 0 aromatic heterocycles. The summed E-state index contributed by atoms with van der Waals surface area (Å²) in [5.74, 6) is 0.950. The van der Waals surface area contributed by atoms with E-state index in [4.69, 9.17) is 10.5 Å². The molecule has 0 fully saturated rings. The Bertz CT molecular complexity index is 477. The first-order valence-electron chi connectivity index (χ1n) is 7.68. The van der Waals surface area contributed by atoms with Crippen LogP contribution in [0.15, 0.2) is 18.2 Å². The second kappa shape index (κ2) is 7.88. The Balaban J connectivity index is 1.82. The number of nitrogens with two attached hydrogens (primary N) is 1. The summed E-state index contributed by atoms with van der Waals surface area (Å²) in [6.07, 6.45) is 4.68. The van der Waals surface area contributed by atoms with Crippen molar-refractivity contribution < 1.29 is 9.53 Å². The minimum absolute atomic E-state index is 0.0714. The van der Waals surface area contributed by atoms with Crippen molar-refractivity contribution in [2.24, 2.45) is 5.73 Å². The van der Waals surface area contributed by atoms with Gasteiger partial charge in [-0.1, -0.05) is 12.8 Å². The fourth-order valence-corrected chi connectivity index (χ4v) is 2.44. The van der Waals surface area contributed by atoms with Crippen LogP contribution < -0.4 is 20.7 Å². The van der Waals surface area contributed by atoms with Crippen LogP contribution in [0, 0.1) is 0 Å². The van der Waals surface area contributed by atoms with Gasteiger partial charge in [0.1, 0.15) is 12.4 Å². The number of likely N-dealkylation sites (N-methyl/N-ethyl adjacent to an activating group) is 1. The number of carbonyl (C=O) groups is 1. The molecule has 5 heteroatoms. The van der Waals surface area contributed by atoms with Crippen molar-refractivity contribution in [2.45, 2.75) is 32.1 Å². The summed E-state index contributed by atoms with van der Waals surface area (Å²) in [6.45, 7) is 2.31. The van der Waals surface area contributed by atoms with Crippen LogP contribution in [0.1, 0.15) is 32.1 Å². The number of hydrogen-bond acceptors (Lipinski definition) is 4. The third-order valence-corrected chi connectivity index (χ3v) is 3.70. The van der Waals surface area contributed by atoms with Crippen LogP contribution in [0.5, 0.6) is 5.75 Å². The number of rotatable bonds is 7. The van der Waals surface area contributed by atoms with Crippen LogP contribution in [-0.4, -0.2) is 32.7 Å². The lowest BCUT2D eigenvalue weighted by atomic mass is 10.1. The number of nitrogens with zero attached hydrogens (tertiary/aromatic N) is 1. The van der Waals surface area contributed by atoms with E-state index < -0.39 is 0 Å². The number of amides is 1. The van der Waals surface area contributed by atoms with Gasteiger partial charge in [-0.15, -0.1) is 0 Å². The number of hydrogen-bond donors (Lipinski definition) is 2. The van der Waals surface area contributed by atoms with Gasteiger partial charge in [-0.3, -0.25) is 4.79 Å². The molecule has 1 aromatic carbocycles. The highest BCUT2D eigenvalue weighted by molar-refractivity contribution is 5.91. The van der Waals surface area contributed by atoms with E-state index in [0.29, 0.717) is 13.0 Å². The molecule has 1 aliphatic heterocycles. The first-order chi connectivity index (χ1) is 10.2. The average molecular weight is 291 g/mol. The van der Waals surface area contributed by atoms with Crippen molar-refractivity contribution in [3.8, 4) is 5.75 Å². The molecule has 0 radical (unpaired) electrons. The second-order valence-electron chi connectivity index (χ2n) is 5.45. The first kappa shape index (κ1) is 15.6. The number of anilines is 2. The number of fused-ring (bicyclic) bond motifs is 1. The Morgan fingerprint density at radius 3 is 2.95 bits per heavy atom. The van der Waals surface area contributed by atoms with Gasteiger partial charge in [-0.25, -0.2) is 0 Å². The minimum Gasteiger partial charge on any atom is -0.490 e. The largest absolute Gasteiger partial charge is 0.490 e. The minimum atomic E-state index is 0.0714. The second-order valence-corrected chi connectivity index (χ2v) is 5.45. The lowest BCUT2D eigenvalue weighted by Crippen LogP contribution is -2.28. The average Bonchev–Trinajstić information content (AvgIpc) is 2.48. The van der Waals surface area contributed by atoms with Gasteiger partial charge in [0.15, 0.2) is 0 Å². The summed E-state index contributed by atoms with van der Waals surface area (Å²) in [4.78, 5) is 14.1. The molecule has 0 saturated carbocycles. The number of carbonyl (C=O) groups excluding carboxylic acids is 1. The van der Waals surface area contributed by atoms with Crippen LogP contribution in [0.3, 0.4) is 0 Å². The molecule has 1 aromatic rings. The molecule has 0 atom stereocenters. The fourth-order valence-electron chi connectivity index (χ4n) is 2.44. The monoisotopic (exact) mass is 291 g/mol. The van der Waals surface area contributed by atoms with Gasteiger partial charge in [0, 0.05) is 19.2 Å². The van der Waals surface area contributed by atoms with Crippen molar-refractivity contribution >= 4 is 17.3 Å². The Kier molecular flexibility index (Phi) is 5.87. The lowest BCUT2D eigenvalue weighted by molar-refractivity contribution is -0.116. The molecule has 0 bridgehead atoms. The molecule has 0 saturated heterocycles. The van der Waals surface area contributed by atoms with Gasteiger partial charge >= 0.3 is 0 Å². The highest BCUT2D eigenvalue weighted by Gasteiger charge is 2.15. The summed E-state index contributed by atoms with van der Waals surface area (Å²) in [5, 5.41) is 2.96. The Hall–Kier alpha value is -1.75. The van der Waals surface area contributed by atoms with Gasteiger partial charge in [0.25, 0.3) is 0 Å². The van der Waals surface area contributed by atoms with Crippen LogP contribution >= 0.6 is 0 Å². The maximum Gasteiger partial charge on any atom is 0.224 e. The van der Waals surface area contributed by atoms with Gasteiger partial charge in [-0.2, -0.15) is 0 Å². The van der Waals surface area contributed by atoms with E-state index >= 15 is 0 Å². The van der Waals surface area contributed by atoms with Gasteiger partial charge < -0.3 is 20.7 Å². The third kappa shape index (κ3) is 4.63. The van der Waals surface area contributed by atoms with Gasteiger partial charge in [-0.05, 0) is 37.6 Å². The van der Waals surface area contributed by atoms with Crippen LogP contribution in [0.4, 0.5) is 11.4 Å². The summed E-state index contributed by atoms with van der Waals surface area (Å²) in [5.41, 5.74) is 7.31. The zero-order valence-electron chi connectivity index (χ0n) is 12.7. The van der Waals surface area contributed by atoms with Crippen LogP contribution in [-0.2, 0) is 4.79 Å². The predicted molar refractivity (Wildman–Crippen MR) is 86.0 cm³/mol. The van der Waals surface area contributed by atoms with Gasteiger partial charge in [0.05, 0.1) is 12.2 Å². The van der Waals surface area contributed by atoms with Crippen molar-refractivity contribution in [1.82, 2.24) is 0 Å². The Labute approximate surface area is 126 Å². The Morgan fingerprint density at radius 1 is 1.33 bits per heavy atom. The summed E-state index contributed by atoms with van der Waals surface area (Å²) in [6, 6.07) is 5.78. The molecule has 2 rings (SSSR count). The quantitative estimate of drug-likeness (QED) is 0.757. The molecule has 1 aliphatic rings. The van der Waals surface area contributed by atoms with Crippen molar-refractivity contribution in [2.75, 3.05) is 37.0 Å². The molecule has 21 heavy (non-hydrogen) atoms. The van der Waals surface area contributed by atoms with Crippen molar-refractivity contribution in [1.29, 1.82) is 0 Å². The summed E-state index contributed by atoms with van der Waals surface area (Å²) >= 11 is 0. The maximum absolute atomic E-state index is 11.9. The summed E-state index contributed by atoms with van der Waals surface area (Å²) < 4.78 is 5.59. The zero-order valence-corrected chi connectivity index (χ0v) is 12.7. The van der Waals surface area contributed by atoms with E-state index in [1.165, 1.54) is 0 Å². The number of benzene rings is 1. The van der Waals surface area contributed by atoms with E-state index in [0.717, 1.165) is 55.9 Å². The normalized spacial score (nSPS) is 13.5. The molecular formula is C16H25N3O2. The van der Waals surface area contributed by atoms with Crippen LogP contribution in [0.2, 0.25) is 0 Å². The van der Waals surface area contributed by atoms with E-state index in [-0.39, 0.29) is 5.91 Å². The molecule has 1 heterocycles. The smallest absolute Gasteiger partial charge is 0.224 e. The highest BCUT2D eigenvalue weighted by Crippen LogP contribution is 2.33. The molecule has 0 spiro atoms. The molecule has 0 unspecified atom stereocenters. The molecule has 3 N–H and O–H groups in total. The zero-order chi connectivity index (χ0) is 15.1. The number of ether oxygens (including phenoxy) is 1. The van der Waals surface area contributed by atoms with Crippen molar-refractivity contribution in [3.63, 3.8) is 0 Å². The lowest BCUT2D eigenvalue weighted by Gasteiger charge is -2.28. The summed E-state index contributed by atoms with van der Waals surface area (Å²) in [7, 11) is 2.03. The van der Waals surface area contributed by atoms with E-state index in [9.17, 15) is 4.79 Å². The molecule has 0 aliphatic carbocycles. The molecule has 5 nitrogen and oxygen atoms in total. The number of unbranched alkanes of at least 4 members (excludes halogenated alkanes) is 3. The fraction of sp³-hybridized carbons (Fsp3) is 0.562. The molecular weight excluding hydrogens is 266 g/mol. The van der Waals surface area contributed by atoms with Crippen molar-refractivity contribution in [3.05, 3.63) is 18.2 Å². The molecule has 116 valence electrons. The van der Waals surface area contributed by atoms with Crippen LogP contribution in [0.25, 0.3) is 0 Å². The maximum atomic E-state index is 11.9. The topological polar surface area (TPSA) is 67.6 Å². The van der Waals surface area contributed by atoms with E-state index in [1.54, 1.807) is 0 Å². The Morgan fingerprint density at radius 2 is 2.14 bits per heavy atom. The predicted octanol–water partition coefficient (Wildman–Crippen LogP) is 2.36. The van der Waals surface area contributed by atoms with Gasteiger partial charge in [0.2, 0.25) is 5.91 Å². The van der Waals surface area contributed by atoms with E-state index in [1.807, 2.05) is 25.2 Å². The SMILES string of the molecule is CN1CCOc2ccc(NC(=O)CCCCCCN)cc21. The number of nitrogens with one attached hydrogen (secondary N) is 1. The third-order valence-electron chi connectivity index (χ3n) is 3.70. The van der Waals surface area contributed by atoms with E-state index in [2.05, 4.69) is 10.2 Å². The standard InChI is InChI=1S/C16H25N3O2/c1-19-10-11-21-15-8-7-13(12-14(15)19)18-16(20)6-4-2-3-5-9-17/h7-8,12H,2-6,9-11,17H2,1H3,(H,18,20). The first-order valence-corrected chi connectivity index (χ1v) is 7.68. The molecule has 1 amide bonds.